The molecule has 0 radical (unpaired) electrons. The third kappa shape index (κ3) is 1.81. The highest BCUT2D eigenvalue weighted by atomic mass is 16.5. The molecule has 1 saturated heterocycles. The van der Waals surface area contributed by atoms with E-state index in [1.807, 2.05) is 11.7 Å². The maximum Gasteiger partial charge on any atom is 0.0991 e. The number of aromatic nitrogens is 2. The minimum atomic E-state index is 0.224. The summed E-state index contributed by atoms with van der Waals surface area (Å²) >= 11 is 0. The van der Waals surface area contributed by atoms with Gasteiger partial charge in [0.2, 0.25) is 0 Å². The molecule has 1 fully saturated rings. The molecule has 0 spiro atoms. The Balaban J connectivity index is 2.17. The number of nitrogens with zero attached hydrogens (tertiary/aromatic N) is 2. The van der Waals surface area contributed by atoms with Crippen LogP contribution in [0.3, 0.4) is 0 Å². The predicted molar refractivity (Wildman–Crippen MR) is 53.6 cm³/mol. The molecule has 0 saturated carbocycles. The standard InChI is InChI=1S/C10H17N3O/c1-13-9(6-8(7-11)12-13)10-4-2-3-5-14-10/h6,10H,2-5,7,11H2,1H3. The highest BCUT2D eigenvalue weighted by molar-refractivity contribution is 5.13. The van der Waals surface area contributed by atoms with Crippen molar-refractivity contribution in [2.75, 3.05) is 6.61 Å². The molecule has 4 heteroatoms. The minimum Gasteiger partial charge on any atom is -0.372 e. The molecule has 2 rings (SSSR count). The van der Waals surface area contributed by atoms with Gasteiger partial charge in [0.1, 0.15) is 0 Å². The Hall–Kier alpha value is -0.870. The van der Waals surface area contributed by atoms with Crippen LogP contribution in [0.2, 0.25) is 0 Å². The summed E-state index contributed by atoms with van der Waals surface area (Å²) in [6, 6.07) is 2.05. The zero-order valence-electron chi connectivity index (χ0n) is 8.57. The van der Waals surface area contributed by atoms with Crippen LogP contribution in [0.4, 0.5) is 0 Å². The van der Waals surface area contributed by atoms with E-state index in [1.54, 1.807) is 0 Å². The van der Waals surface area contributed by atoms with Crippen molar-refractivity contribution in [2.45, 2.75) is 31.9 Å². The molecule has 14 heavy (non-hydrogen) atoms. The van der Waals surface area contributed by atoms with Crippen LogP contribution >= 0.6 is 0 Å². The van der Waals surface area contributed by atoms with Crippen LogP contribution < -0.4 is 5.73 Å². The van der Waals surface area contributed by atoms with Crippen molar-refractivity contribution in [1.82, 2.24) is 9.78 Å². The fraction of sp³-hybridized carbons (Fsp3) is 0.700. The van der Waals surface area contributed by atoms with E-state index in [4.69, 9.17) is 10.5 Å². The van der Waals surface area contributed by atoms with Crippen LogP contribution in [0.5, 0.6) is 0 Å². The van der Waals surface area contributed by atoms with E-state index in [1.165, 1.54) is 12.8 Å². The second-order valence-electron chi connectivity index (χ2n) is 3.74. The lowest BCUT2D eigenvalue weighted by Gasteiger charge is -2.22. The van der Waals surface area contributed by atoms with Crippen LogP contribution in [0.1, 0.15) is 36.8 Å². The van der Waals surface area contributed by atoms with Crippen molar-refractivity contribution in [1.29, 1.82) is 0 Å². The molecule has 4 nitrogen and oxygen atoms in total. The van der Waals surface area contributed by atoms with Crippen molar-refractivity contribution in [3.63, 3.8) is 0 Å². The van der Waals surface area contributed by atoms with E-state index in [-0.39, 0.29) is 6.10 Å². The van der Waals surface area contributed by atoms with E-state index in [9.17, 15) is 0 Å². The van der Waals surface area contributed by atoms with Gasteiger partial charge >= 0.3 is 0 Å². The SMILES string of the molecule is Cn1nc(CN)cc1C1CCCCO1. The lowest BCUT2D eigenvalue weighted by molar-refractivity contribution is 0.0101. The zero-order chi connectivity index (χ0) is 9.97. The highest BCUT2D eigenvalue weighted by Gasteiger charge is 2.19. The van der Waals surface area contributed by atoms with Gasteiger partial charge in [-0.2, -0.15) is 5.10 Å². The predicted octanol–water partition coefficient (Wildman–Crippen LogP) is 1.12. The molecule has 0 amide bonds. The molecule has 2 heterocycles. The summed E-state index contributed by atoms with van der Waals surface area (Å²) in [5.41, 5.74) is 7.64. The number of aryl methyl sites for hydroxylation is 1. The first-order chi connectivity index (χ1) is 6.81. The molecule has 78 valence electrons. The molecule has 1 unspecified atom stereocenters. The largest absolute Gasteiger partial charge is 0.372 e. The van der Waals surface area contributed by atoms with Gasteiger partial charge in [0.05, 0.1) is 17.5 Å². The van der Waals surface area contributed by atoms with Crippen molar-refractivity contribution >= 4 is 0 Å². The van der Waals surface area contributed by atoms with Gasteiger partial charge in [-0.3, -0.25) is 4.68 Å². The number of hydrogen-bond acceptors (Lipinski definition) is 3. The number of ether oxygens (including phenoxy) is 1. The maximum absolute atomic E-state index is 5.70. The lowest BCUT2D eigenvalue weighted by atomic mass is 10.1. The van der Waals surface area contributed by atoms with E-state index < -0.39 is 0 Å². The molecule has 1 aromatic rings. The second kappa shape index (κ2) is 4.11. The van der Waals surface area contributed by atoms with Gasteiger partial charge in [0, 0.05) is 20.2 Å². The lowest BCUT2D eigenvalue weighted by Crippen LogP contribution is -2.14. The van der Waals surface area contributed by atoms with E-state index >= 15 is 0 Å². The monoisotopic (exact) mass is 195 g/mol. The van der Waals surface area contributed by atoms with Crippen molar-refractivity contribution in [3.05, 3.63) is 17.5 Å². The summed E-state index contributed by atoms with van der Waals surface area (Å²) in [4.78, 5) is 0. The van der Waals surface area contributed by atoms with Gasteiger partial charge < -0.3 is 10.5 Å². The quantitative estimate of drug-likeness (QED) is 0.769. The number of rotatable bonds is 2. The van der Waals surface area contributed by atoms with Crippen LogP contribution in [-0.4, -0.2) is 16.4 Å². The topological polar surface area (TPSA) is 53.1 Å². The highest BCUT2D eigenvalue weighted by Crippen LogP contribution is 2.27. The van der Waals surface area contributed by atoms with Crippen LogP contribution in [-0.2, 0) is 18.3 Å². The Kier molecular flexibility index (Phi) is 2.84. The third-order valence-corrected chi connectivity index (χ3v) is 2.69. The van der Waals surface area contributed by atoms with Gasteiger partial charge in [-0.25, -0.2) is 0 Å². The van der Waals surface area contributed by atoms with Gasteiger partial charge in [-0.05, 0) is 25.3 Å². The molecule has 1 aliphatic heterocycles. The summed E-state index contributed by atoms with van der Waals surface area (Å²) in [5, 5.41) is 4.32. The van der Waals surface area contributed by atoms with Gasteiger partial charge in [-0.15, -0.1) is 0 Å². The Morgan fingerprint density at radius 2 is 2.50 bits per heavy atom. The van der Waals surface area contributed by atoms with Crippen molar-refractivity contribution in [3.8, 4) is 0 Å². The van der Waals surface area contributed by atoms with E-state index in [0.29, 0.717) is 6.54 Å². The minimum absolute atomic E-state index is 0.224. The van der Waals surface area contributed by atoms with Gasteiger partial charge in [0.15, 0.2) is 0 Å². The average molecular weight is 195 g/mol. The van der Waals surface area contributed by atoms with E-state index in [2.05, 4.69) is 11.2 Å². The summed E-state index contributed by atoms with van der Waals surface area (Å²) in [5.74, 6) is 0. The molecule has 1 aromatic heterocycles. The fourth-order valence-corrected chi connectivity index (χ4v) is 1.92. The molecule has 0 aliphatic carbocycles. The third-order valence-electron chi connectivity index (χ3n) is 2.69. The fourth-order valence-electron chi connectivity index (χ4n) is 1.92. The normalized spacial score (nSPS) is 22.6. The first-order valence-electron chi connectivity index (χ1n) is 5.15. The Bertz CT molecular complexity index is 302. The molecular weight excluding hydrogens is 178 g/mol. The van der Waals surface area contributed by atoms with E-state index in [0.717, 1.165) is 24.4 Å². The number of hydrogen-bond donors (Lipinski definition) is 1. The van der Waals surface area contributed by atoms with Crippen LogP contribution in [0.25, 0.3) is 0 Å². The Morgan fingerprint density at radius 3 is 3.07 bits per heavy atom. The zero-order valence-corrected chi connectivity index (χ0v) is 8.57. The summed E-state index contributed by atoms with van der Waals surface area (Å²) in [6.07, 6.45) is 3.75. The van der Waals surface area contributed by atoms with Crippen LogP contribution in [0, 0.1) is 0 Å². The Morgan fingerprint density at radius 1 is 1.64 bits per heavy atom. The molecule has 2 N–H and O–H groups in total. The first-order valence-corrected chi connectivity index (χ1v) is 5.15. The summed E-state index contributed by atoms with van der Waals surface area (Å²) in [7, 11) is 1.95. The molecule has 0 aromatic carbocycles. The molecule has 0 bridgehead atoms. The molecule has 1 atom stereocenters. The first kappa shape index (κ1) is 9.68. The Labute approximate surface area is 84.0 Å². The molecule has 1 aliphatic rings. The maximum atomic E-state index is 5.70. The number of nitrogens with two attached hydrogens (primary N) is 1. The van der Waals surface area contributed by atoms with Crippen molar-refractivity contribution in [2.24, 2.45) is 12.8 Å². The summed E-state index contributed by atoms with van der Waals surface area (Å²) in [6.45, 7) is 1.37. The van der Waals surface area contributed by atoms with Gasteiger partial charge in [0.25, 0.3) is 0 Å². The smallest absolute Gasteiger partial charge is 0.0991 e. The average Bonchev–Trinajstić information content (AvgIpc) is 2.61. The van der Waals surface area contributed by atoms with Gasteiger partial charge in [-0.1, -0.05) is 0 Å². The summed E-state index contributed by atoms with van der Waals surface area (Å²) < 4.78 is 7.59. The molecular formula is C10H17N3O. The van der Waals surface area contributed by atoms with Crippen molar-refractivity contribution < 1.29 is 4.74 Å². The van der Waals surface area contributed by atoms with Crippen LogP contribution in [0.15, 0.2) is 6.07 Å². The second-order valence-corrected chi connectivity index (χ2v) is 3.74.